The molecule has 0 atom stereocenters. The third-order valence-corrected chi connectivity index (χ3v) is 3.40. The molecule has 1 nitrogen and oxygen atoms in total. The van der Waals surface area contributed by atoms with Crippen molar-refractivity contribution in [2.45, 2.75) is 31.7 Å². The number of hydrogen-bond donors (Lipinski definition) is 1. The third-order valence-electron chi connectivity index (χ3n) is 3.27. The minimum Gasteiger partial charge on any atom is -0.309 e. The van der Waals surface area contributed by atoms with Crippen molar-refractivity contribution in [3.63, 3.8) is 0 Å². The number of nitrogens with one attached hydrogen (secondary N) is 1. The maximum Gasteiger partial charge on any atom is 0.0310 e. The van der Waals surface area contributed by atoms with Crippen LogP contribution in [0.1, 0.15) is 29.9 Å². The minimum atomic E-state index is 0.613. The van der Waals surface area contributed by atoms with Crippen LogP contribution in [0.15, 0.2) is 35.9 Å². The summed E-state index contributed by atoms with van der Waals surface area (Å²) in [5.74, 6) is 0.724. The number of rotatable bonds is 4. The van der Waals surface area contributed by atoms with Gasteiger partial charge in [0.1, 0.15) is 0 Å². The molecule has 0 saturated heterocycles. The second-order valence-corrected chi connectivity index (χ2v) is 5.21. The van der Waals surface area contributed by atoms with Gasteiger partial charge in [-0.3, -0.25) is 0 Å². The Morgan fingerprint density at radius 2 is 2.00 bits per heavy atom. The van der Waals surface area contributed by atoms with Crippen molar-refractivity contribution in [1.82, 2.24) is 5.32 Å². The van der Waals surface area contributed by atoms with Gasteiger partial charge in [-0.1, -0.05) is 48.0 Å². The van der Waals surface area contributed by atoms with E-state index in [1.807, 2.05) is 0 Å². The number of aryl methyl sites for hydroxylation is 1. The predicted molar refractivity (Wildman–Crippen MR) is 69.9 cm³/mol. The minimum absolute atomic E-state index is 0.613. The number of halogens is 1. The van der Waals surface area contributed by atoms with E-state index in [1.165, 1.54) is 24.0 Å². The predicted octanol–water partition coefficient (Wildman–Crippen LogP) is 3.58. The Bertz CT molecular complexity index is 363. The standard InChI is InChI=1S/C14H18ClN/c1-10-3-5-12(6-4-10)13-7-14(8-13)16-9-11(2)15/h3-6,13-14,16H,2,7-9H2,1H3. The molecule has 1 fully saturated rings. The van der Waals surface area contributed by atoms with Crippen molar-refractivity contribution in [1.29, 1.82) is 0 Å². The molecule has 0 aromatic heterocycles. The maximum atomic E-state index is 5.72. The van der Waals surface area contributed by atoms with Crippen LogP contribution < -0.4 is 5.32 Å². The average molecular weight is 236 g/mol. The van der Waals surface area contributed by atoms with Crippen LogP contribution >= 0.6 is 11.6 Å². The summed E-state index contributed by atoms with van der Waals surface area (Å²) in [6.07, 6.45) is 2.43. The van der Waals surface area contributed by atoms with Gasteiger partial charge in [0.15, 0.2) is 0 Å². The quantitative estimate of drug-likeness (QED) is 0.841. The first-order valence-electron chi connectivity index (χ1n) is 5.78. The van der Waals surface area contributed by atoms with E-state index in [9.17, 15) is 0 Å². The molecule has 86 valence electrons. The van der Waals surface area contributed by atoms with E-state index < -0.39 is 0 Å². The second-order valence-electron chi connectivity index (χ2n) is 4.67. The summed E-state index contributed by atoms with van der Waals surface area (Å²) in [7, 11) is 0. The lowest BCUT2D eigenvalue weighted by Gasteiger charge is -2.36. The normalized spacial score (nSPS) is 23.9. The second kappa shape index (κ2) is 5.03. The average Bonchev–Trinajstić information content (AvgIpc) is 2.18. The van der Waals surface area contributed by atoms with Crippen LogP contribution in [0.4, 0.5) is 0 Å². The highest BCUT2D eigenvalue weighted by Gasteiger charge is 2.29. The van der Waals surface area contributed by atoms with Crippen molar-refractivity contribution >= 4 is 11.6 Å². The van der Waals surface area contributed by atoms with Crippen LogP contribution in [0, 0.1) is 6.92 Å². The molecule has 0 amide bonds. The fourth-order valence-corrected chi connectivity index (χ4v) is 2.23. The summed E-state index contributed by atoms with van der Waals surface area (Å²) in [5.41, 5.74) is 2.80. The summed E-state index contributed by atoms with van der Waals surface area (Å²) in [5, 5.41) is 4.09. The first-order chi connectivity index (χ1) is 7.65. The Hall–Kier alpha value is -0.790. The third kappa shape index (κ3) is 2.87. The topological polar surface area (TPSA) is 12.0 Å². The van der Waals surface area contributed by atoms with E-state index in [4.69, 9.17) is 11.6 Å². The molecule has 2 rings (SSSR count). The summed E-state index contributed by atoms with van der Waals surface area (Å²) in [6.45, 7) is 6.53. The molecule has 1 saturated carbocycles. The highest BCUT2D eigenvalue weighted by molar-refractivity contribution is 6.29. The lowest BCUT2D eigenvalue weighted by molar-refractivity contribution is 0.299. The molecule has 0 radical (unpaired) electrons. The number of benzene rings is 1. The summed E-state index contributed by atoms with van der Waals surface area (Å²) in [6, 6.07) is 9.49. The van der Waals surface area contributed by atoms with Crippen LogP contribution in [0.3, 0.4) is 0 Å². The number of hydrogen-bond acceptors (Lipinski definition) is 1. The Balaban J connectivity index is 1.79. The molecule has 0 unspecified atom stereocenters. The molecular weight excluding hydrogens is 218 g/mol. The van der Waals surface area contributed by atoms with E-state index in [2.05, 4.69) is 43.1 Å². The first-order valence-corrected chi connectivity index (χ1v) is 6.16. The zero-order valence-corrected chi connectivity index (χ0v) is 10.4. The monoisotopic (exact) mass is 235 g/mol. The zero-order valence-electron chi connectivity index (χ0n) is 9.67. The molecular formula is C14H18ClN. The molecule has 1 aromatic rings. The zero-order chi connectivity index (χ0) is 11.5. The van der Waals surface area contributed by atoms with Crippen molar-refractivity contribution in [2.24, 2.45) is 0 Å². The first kappa shape index (κ1) is 11.7. The van der Waals surface area contributed by atoms with Gasteiger partial charge in [-0.05, 0) is 31.2 Å². The lowest BCUT2D eigenvalue weighted by atomic mass is 9.76. The van der Waals surface area contributed by atoms with Crippen molar-refractivity contribution in [2.75, 3.05) is 6.54 Å². The van der Waals surface area contributed by atoms with Crippen molar-refractivity contribution < 1.29 is 0 Å². The van der Waals surface area contributed by atoms with Crippen LogP contribution in [0.5, 0.6) is 0 Å². The largest absolute Gasteiger partial charge is 0.309 e. The fraction of sp³-hybridized carbons (Fsp3) is 0.429. The van der Waals surface area contributed by atoms with Crippen LogP contribution in [-0.4, -0.2) is 12.6 Å². The molecule has 0 bridgehead atoms. The molecule has 0 spiro atoms. The van der Waals surface area contributed by atoms with Gasteiger partial charge in [-0.2, -0.15) is 0 Å². The van der Waals surface area contributed by atoms with Crippen molar-refractivity contribution in [3.8, 4) is 0 Å². The van der Waals surface area contributed by atoms with Gasteiger partial charge < -0.3 is 5.32 Å². The van der Waals surface area contributed by atoms with Gasteiger partial charge in [0.2, 0.25) is 0 Å². The fourth-order valence-electron chi connectivity index (χ4n) is 2.15. The summed E-state index contributed by atoms with van der Waals surface area (Å²) < 4.78 is 0. The van der Waals surface area contributed by atoms with E-state index in [1.54, 1.807) is 0 Å². The molecule has 1 aliphatic carbocycles. The lowest BCUT2D eigenvalue weighted by Crippen LogP contribution is -2.40. The molecule has 1 N–H and O–H groups in total. The molecule has 1 aliphatic rings. The molecule has 0 aliphatic heterocycles. The smallest absolute Gasteiger partial charge is 0.0310 e. The highest BCUT2D eigenvalue weighted by atomic mass is 35.5. The Morgan fingerprint density at radius 1 is 1.38 bits per heavy atom. The van der Waals surface area contributed by atoms with Gasteiger partial charge in [0.05, 0.1) is 0 Å². The Kier molecular flexibility index (Phi) is 3.67. The van der Waals surface area contributed by atoms with E-state index in [0.717, 1.165) is 12.5 Å². The van der Waals surface area contributed by atoms with Crippen LogP contribution in [0.2, 0.25) is 0 Å². The van der Waals surface area contributed by atoms with Gasteiger partial charge in [0.25, 0.3) is 0 Å². The van der Waals surface area contributed by atoms with E-state index in [-0.39, 0.29) is 0 Å². The molecule has 16 heavy (non-hydrogen) atoms. The van der Waals surface area contributed by atoms with Gasteiger partial charge in [-0.25, -0.2) is 0 Å². The van der Waals surface area contributed by atoms with E-state index in [0.29, 0.717) is 11.1 Å². The van der Waals surface area contributed by atoms with Gasteiger partial charge in [0, 0.05) is 17.6 Å². The molecule has 0 heterocycles. The van der Waals surface area contributed by atoms with Crippen LogP contribution in [0.25, 0.3) is 0 Å². The van der Waals surface area contributed by atoms with E-state index >= 15 is 0 Å². The highest BCUT2D eigenvalue weighted by Crippen LogP contribution is 2.36. The van der Waals surface area contributed by atoms with Crippen LogP contribution in [-0.2, 0) is 0 Å². The summed E-state index contributed by atoms with van der Waals surface area (Å²) >= 11 is 5.72. The maximum absolute atomic E-state index is 5.72. The summed E-state index contributed by atoms with van der Waals surface area (Å²) in [4.78, 5) is 0. The van der Waals surface area contributed by atoms with Gasteiger partial charge >= 0.3 is 0 Å². The molecule has 1 aromatic carbocycles. The van der Waals surface area contributed by atoms with Crippen molar-refractivity contribution in [3.05, 3.63) is 47.0 Å². The Morgan fingerprint density at radius 3 is 2.56 bits per heavy atom. The SMILES string of the molecule is C=C(Cl)CNC1CC(c2ccc(C)cc2)C1. The Labute approximate surface area is 103 Å². The van der Waals surface area contributed by atoms with Gasteiger partial charge in [-0.15, -0.1) is 0 Å². The molecule has 2 heteroatoms.